The molecule has 1 N–H and O–H groups in total. The third-order valence-corrected chi connectivity index (χ3v) is 3.63. The van der Waals surface area contributed by atoms with Crippen LogP contribution in [0.5, 0.6) is 0 Å². The van der Waals surface area contributed by atoms with Crippen molar-refractivity contribution >= 4 is 5.91 Å². The maximum absolute atomic E-state index is 12.0. The summed E-state index contributed by atoms with van der Waals surface area (Å²) in [4.78, 5) is 14.0. The van der Waals surface area contributed by atoms with Gasteiger partial charge in [-0.15, -0.1) is 5.10 Å². The van der Waals surface area contributed by atoms with Crippen LogP contribution in [0.2, 0.25) is 0 Å². The number of hydrogen-bond donors (Lipinski definition) is 1. The van der Waals surface area contributed by atoms with Crippen molar-refractivity contribution in [3.63, 3.8) is 0 Å². The number of nitrogens with zero attached hydrogens (tertiary/aromatic N) is 4. The molecule has 0 aliphatic heterocycles. The number of rotatable bonds is 6. The van der Waals surface area contributed by atoms with Crippen LogP contribution < -0.4 is 5.32 Å². The average molecular weight is 301 g/mol. The lowest BCUT2D eigenvalue weighted by Gasteiger charge is -2.21. The third-order valence-electron chi connectivity index (χ3n) is 3.63. The molecule has 1 atom stereocenters. The molecule has 22 heavy (non-hydrogen) atoms. The van der Waals surface area contributed by atoms with Gasteiger partial charge in [0.2, 0.25) is 5.91 Å². The Morgan fingerprint density at radius 2 is 1.95 bits per heavy atom. The van der Waals surface area contributed by atoms with Crippen LogP contribution in [0.3, 0.4) is 0 Å². The topological polar surface area (TPSA) is 63.1 Å². The standard InChI is InChI=1S/C16H23N5O/c1-12(2)20(4)11-16(22)17-13(3)15-10-21(19-18-15)14-8-6-5-7-9-14/h5-10,12-13H,11H2,1-4H3,(H,17,22)/t13-/m1/s1. The molecule has 118 valence electrons. The van der Waals surface area contributed by atoms with Gasteiger partial charge in [-0.25, -0.2) is 4.68 Å². The molecular weight excluding hydrogens is 278 g/mol. The monoisotopic (exact) mass is 301 g/mol. The van der Waals surface area contributed by atoms with E-state index in [1.165, 1.54) is 0 Å². The number of carbonyl (C=O) groups excluding carboxylic acids is 1. The van der Waals surface area contributed by atoms with Crippen LogP contribution in [0.15, 0.2) is 36.5 Å². The Hall–Kier alpha value is -2.21. The lowest BCUT2D eigenvalue weighted by molar-refractivity contribution is -0.123. The fourth-order valence-electron chi connectivity index (χ4n) is 1.95. The number of carbonyl (C=O) groups is 1. The molecule has 1 aromatic carbocycles. The Morgan fingerprint density at radius 3 is 2.59 bits per heavy atom. The minimum absolute atomic E-state index is 0.0158. The summed E-state index contributed by atoms with van der Waals surface area (Å²) in [5, 5.41) is 11.2. The maximum Gasteiger partial charge on any atom is 0.234 e. The van der Waals surface area contributed by atoms with E-state index in [0.717, 1.165) is 11.4 Å². The van der Waals surface area contributed by atoms with Crippen molar-refractivity contribution in [1.82, 2.24) is 25.2 Å². The quantitative estimate of drug-likeness (QED) is 0.883. The summed E-state index contributed by atoms with van der Waals surface area (Å²) >= 11 is 0. The van der Waals surface area contributed by atoms with Crippen molar-refractivity contribution in [3.05, 3.63) is 42.2 Å². The SMILES string of the molecule is CC(C)N(C)CC(=O)N[C@H](C)c1cn(-c2ccccc2)nn1. The fraction of sp³-hybridized carbons (Fsp3) is 0.438. The zero-order chi connectivity index (χ0) is 16.1. The second kappa shape index (κ2) is 7.17. The molecule has 1 amide bonds. The summed E-state index contributed by atoms with van der Waals surface area (Å²) in [6.07, 6.45) is 1.84. The van der Waals surface area contributed by atoms with Crippen molar-refractivity contribution in [3.8, 4) is 5.69 Å². The predicted molar refractivity (Wildman–Crippen MR) is 85.7 cm³/mol. The Labute approximate surface area is 131 Å². The highest BCUT2D eigenvalue weighted by Crippen LogP contribution is 2.11. The molecule has 0 aliphatic rings. The van der Waals surface area contributed by atoms with Gasteiger partial charge in [-0.1, -0.05) is 23.4 Å². The Bertz CT molecular complexity index is 608. The van der Waals surface area contributed by atoms with E-state index in [9.17, 15) is 4.79 Å². The fourth-order valence-corrected chi connectivity index (χ4v) is 1.95. The highest BCUT2D eigenvalue weighted by atomic mass is 16.2. The molecule has 0 saturated carbocycles. The van der Waals surface area contributed by atoms with Crippen LogP contribution >= 0.6 is 0 Å². The maximum atomic E-state index is 12.0. The molecule has 0 fully saturated rings. The van der Waals surface area contributed by atoms with Crippen molar-refractivity contribution in [1.29, 1.82) is 0 Å². The predicted octanol–water partition coefficient (Wildman–Crippen LogP) is 1.78. The zero-order valence-electron chi connectivity index (χ0n) is 13.5. The van der Waals surface area contributed by atoms with Gasteiger partial charge in [-0.2, -0.15) is 0 Å². The molecule has 0 saturated heterocycles. The second-order valence-electron chi connectivity index (χ2n) is 5.72. The highest BCUT2D eigenvalue weighted by molar-refractivity contribution is 5.78. The van der Waals surface area contributed by atoms with Crippen LogP contribution in [-0.2, 0) is 4.79 Å². The lowest BCUT2D eigenvalue weighted by Crippen LogP contribution is -2.39. The molecule has 1 heterocycles. The molecule has 0 radical (unpaired) electrons. The minimum Gasteiger partial charge on any atom is -0.347 e. The number of benzene rings is 1. The van der Waals surface area contributed by atoms with Gasteiger partial charge in [-0.05, 0) is 40.0 Å². The van der Waals surface area contributed by atoms with Crippen LogP contribution in [0.1, 0.15) is 32.5 Å². The summed E-state index contributed by atoms with van der Waals surface area (Å²) in [5.41, 5.74) is 1.68. The number of amides is 1. The van der Waals surface area contributed by atoms with Gasteiger partial charge < -0.3 is 5.32 Å². The summed E-state index contributed by atoms with van der Waals surface area (Å²) in [6, 6.07) is 9.92. The van der Waals surface area contributed by atoms with E-state index in [0.29, 0.717) is 12.6 Å². The van der Waals surface area contributed by atoms with E-state index in [1.54, 1.807) is 4.68 Å². The smallest absolute Gasteiger partial charge is 0.234 e. The molecule has 6 heteroatoms. The highest BCUT2D eigenvalue weighted by Gasteiger charge is 2.15. The lowest BCUT2D eigenvalue weighted by atomic mass is 10.2. The third kappa shape index (κ3) is 4.14. The van der Waals surface area contributed by atoms with Crippen LogP contribution in [-0.4, -0.2) is 45.4 Å². The van der Waals surface area contributed by atoms with Gasteiger partial charge in [0, 0.05) is 6.04 Å². The van der Waals surface area contributed by atoms with Crippen molar-refractivity contribution in [2.24, 2.45) is 0 Å². The average Bonchev–Trinajstić information content (AvgIpc) is 2.97. The van der Waals surface area contributed by atoms with Gasteiger partial charge in [0.1, 0.15) is 5.69 Å². The summed E-state index contributed by atoms with van der Waals surface area (Å²) in [5.74, 6) is -0.0158. The van der Waals surface area contributed by atoms with Crippen molar-refractivity contribution in [2.45, 2.75) is 32.9 Å². The molecule has 6 nitrogen and oxygen atoms in total. The van der Waals surface area contributed by atoms with E-state index >= 15 is 0 Å². The number of hydrogen-bond acceptors (Lipinski definition) is 4. The number of likely N-dealkylation sites (N-methyl/N-ethyl adjacent to an activating group) is 1. The largest absolute Gasteiger partial charge is 0.347 e. The van der Waals surface area contributed by atoms with Gasteiger partial charge in [0.05, 0.1) is 24.5 Å². The van der Waals surface area contributed by atoms with E-state index < -0.39 is 0 Å². The first kappa shape index (κ1) is 16.2. The molecular formula is C16H23N5O. The van der Waals surface area contributed by atoms with Crippen LogP contribution in [0, 0.1) is 0 Å². The first-order valence-corrected chi connectivity index (χ1v) is 7.44. The Kier molecular flexibility index (Phi) is 5.27. The van der Waals surface area contributed by atoms with Gasteiger partial charge in [-0.3, -0.25) is 9.69 Å². The van der Waals surface area contributed by atoms with Gasteiger partial charge in [0.25, 0.3) is 0 Å². The zero-order valence-corrected chi connectivity index (χ0v) is 13.5. The normalized spacial score (nSPS) is 12.6. The summed E-state index contributed by atoms with van der Waals surface area (Å²) in [7, 11) is 1.93. The van der Waals surface area contributed by atoms with Crippen molar-refractivity contribution in [2.75, 3.05) is 13.6 Å². The molecule has 0 aliphatic carbocycles. The van der Waals surface area contributed by atoms with E-state index in [1.807, 2.05) is 55.4 Å². The Morgan fingerprint density at radius 1 is 1.27 bits per heavy atom. The molecule has 0 spiro atoms. The first-order valence-electron chi connectivity index (χ1n) is 7.44. The number of para-hydroxylation sites is 1. The van der Waals surface area contributed by atoms with Gasteiger partial charge >= 0.3 is 0 Å². The first-order chi connectivity index (χ1) is 10.5. The number of nitrogens with one attached hydrogen (secondary N) is 1. The minimum atomic E-state index is -0.175. The second-order valence-corrected chi connectivity index (χ2v) is 5.72. The van der Waals surface area contributed by atoms with E-state index in [-0.39, 0.29) is 11.9 Å². The molecule has 0 bridgehead atoms. The molecule has 2 rings (SSSR count). The molecule has 1 aromatic heterocycles. The Balaban J connectivity index is 1.97. The van der Waals surface area contributed by atoms with E-state index in [2.05, 4.69) is 29.5 Å². The van der Waals surface area contributed by atoms with E-state index in [4.69, 9.17) is 0 Å². The summed E-state index contributed by atoms with van der Waals surface area (Å²) in [6.45, 7) is 6.39. The van der Waals surface area contributed by atoms with Crippen LogP contribution in [0.25, 0.3) is 5.69 Å². The summed E-state index contributed by atoms with van der Waals surface area (Å²) < 4.78 is 1.71. The molecule has 2 aromatic rings. The number of aromatic nitrogens is 3. The molecule has 0 unspecified atom stereocenters. The van der Waals surface area contributed by atoms with Crippen LogP contribution in [0.4, 0.5) is 0 Å². The van der Waals surface area contributed by atoms with Crippen molar-refractivity contribution < 1.29 is 4.79 Å². The van der Waals surface area contributed by atoms with Gasteiger partial charge in [0.15, 0.2) is 0 Å².